The molecule has 0 bridgehead atoms. The summed E-state index contributed by atoms with van der Waals surface area (Å²) in [6.07, 6.45) is 0.846. The van der Waals surface area contributed by atoms with Crippen LogP contribution in [0, 0.1) is 5.41 Å². The smallest absolute Gasteiger partial charge is 0.335 e. The Morgan fingerprint density at radius 3 is 1.92 bits per heavy atom. The normalized spacial score (nSPS) is 20.5. The molecule has 0 saturated heterocycles. The molecule has 2 atom stereocenters. The van der Waals surface area contributed by atoms with Gasteiger partial charge < -0.3 is 4.90 Å². The largest absolute Gasteiger partial charge is 0.416 e. The summed E-state index contributed by atoms with van der Waals surface area (Å²) < 4.78 is 41.2. The number of benzene rings is 8. The van der Waals surface area contributed by atoms with Gasteiger partial charge >= 0.3 is 6.18 Å². The summed E-state index contributed by atoms with van der Waals surface area (Å²) in [6, 6.07) is 59.6. The van der Waals surface area contributed by atoms with E-state index < -0.39 is 17.2 Å². The number of halogens is 3. The standard InChI is InChI=1S/C55H44F3N/c1-52-31-11-12-32-53(52,2)59(43-24-22-42(23-25-43)55(56,57)58)50-30-21-37(33-39(50)35-52)38-20-27-47-49(34-38)54(40-14-5-3-6-15-40,41-16-7-4-8-17-41)48-29-28-45-44-18-10-9-13-36(44)19-26-46(45)51(47)48/h3-10,13-30,33-34H,11-12,31-32,35H2,1-2H3. The summed E-state index contributed by atoms with van der Waals surface area (Å²) in [5.41, 5.74) is 11.5. The van der Waals surface area contributed by atoms with Gasteiger partial charge in [-0.25, -0.2) is 0 Å². The molecule has 11 rings (SSSR count). The molecule has 4 heteroatoms. The Morgan fingerprint density at radius 2 is 1.19 bits per heavy atom. The van der Waals surface area contributed by atoms with Crippen LogP contribution in [0.4, 0.5) is 24.5 Å². The first-order valence-corrected chi connectivity index (χ1v) is 20.9. The molecule has 3 aliphatic rings. The minimum Gasteiger partial charge on any atom is -0.335 e. The van der Waals surface area contributed by atoms with Crippen molar-refractivity contribution in [2.45, 2.75) is 63.1 Å². The summed E-state index contributed by atoms with van der Waals surface area (Å²) in [7, 11) is 0. The van der Waals surface area contributed by atoms with Gasteiger partial charge in [-0.1, -0.05) is 147 Å². The maximum Gasteiger partial charge on any atom is 0.416 e. The first-order valence-electron chi connectivity index (χ1n) is 20.9. The van der Waals surface area contributed by atoms with Crippen molar-refractivity contribution in [2.75, 3.05) is 4.90 Å². The summed E-state index contributed by atoms with van der Waals surface area (Å²) in [5.74, 6) is 0. The third-order valence-corrected chi connectivity index (χ3v) is 14.6. The molecule has 0 spiro atoms. The zero-order chi connectivity index (χ0) is 40.1. The highest BCUT2D eigenvalue weighted by Gasteiger charge is 2.54. The minimum absolute atomic E-state index is 0.0554. The number of alkyl halides is 3. The quantitative estimate of drug-likeness (QED) is 0.161. The lowest BCUT2D eigenvalue weighted by atomic mass is 9.57. The number of hydrogen-bond acceptors (Lipinski definition) is 1. The van der Waals surface area contributed by atoms with Crippen LogP contribution in [0.5, 0.6) is 0 Å². The second-order valence-corrected chi connectivity index (χ2v) is 17.6. The zero-order valence-electron chi connectivity index (χ0n) is 33.3. The molecule has 2 aliphatic carbocycles. The van der Waals surface area contributed by atoms with E-state index in [0.29, 0.717) is 0 Å². The summed E-state index contributed by atoms with van der Waals surface area (Å²) in [6.45, 7) is 4.73. The van der Waals surface area contributed by atoms with Crippen molar-refractivity contribution in [3.05, 3.63) is 203 Å². The van der Waals surface area contributed by atoms with Gasteiger partial charge in [0, 0.05) is 16.9 Å². The predicted octanol–water partition coefficient (Wildman–Crippen LogP) is 15.1. The van der Waals surface area contributed by atoms with Crippen molar-refractivity contribution in [2.24, 2.45) is 5.41 Å². The Balaban J connectivity index is 1.13. The predicted molar refractivity (Wildman–Crippen MR) is 236 cm³/mol. The highest BCUT2D eigenvalue weighted by molar-refractivity contribution is 6.14. The molecule has 0 aromatic heterocycles. The molecule has 1 nitrogen and oxygen atoms in total. The van der Waals surface area contributed by atoms with Gasteiger partial charge in [0.1, 0.15) is 0 Å². The third kappa shape index (κ3) is 5.18. The second-order valence-electron chi connectivity index (χ2n) is 17.6. The van der Waals surface area contributed by atoms with Gasteiger partial charge in [0.15, 0.2) is 0 Å². The van der Waals surface area contributed by atoms with Gasteiger partial charge in [-0.2, -0.15) is 13.2 Å². The average Bonchev–Trinajstić information content (AvgIpc) is 3.56. The van der Waals surface area contributed by atoms with E-state index in [9.17, 15) is 13.2 Å². The van der Waals surface area contributed by atoms with Crippen molar-refractivity contribution in [1.82, 2.24) is 0 Å². The van der Waals surface area contributed by atoms with E-state index in [1.165, 1.54) is 72.6 Å². The van der Waals surface area contributed by atoms with Crippen molar-refractivity contribution in [3.8, 4) is 22.3 Å². The Morgan fingerprint density at radius 1 is 0.542 bits per heavy atom. The molecule has 8 aromatic rings. The number of fused-ring (bicyclic) bond motifs is 9. The van der Waals surface area contributed by atoms with Crippen molar-refractivity contribution in [3.63, 3.8) is 0 Å². The highest BCUT2D eigenvalue weighted by atomic mass is 19.4. The molecule has 1 heterocycles. The Bertz CT molecular complexity index is 2890. The van der Waals surface area contributed by atoms with Crippen LogP contribution in [0.3, 0.4) is 0 Å². The first kappa shape index (κ1) is 36.0. The fourth-order valence-corrected chi connectivity index (χ4v) is 11.5. The van der Waals surface area contributed by atoms with Crippen molar-refractivity contribution < 1.29 is 13.2 Å². The van der Waals surface area contributed by atoms with E-state index in [-0.39, 0.29) is 11.0 Å². The van der Waals surface area contributed by atoms with Crippen LogP contribution < -0.4 is 4.90 Å². The molecule has 8 aromatic carbocycles. The summed E-state index contributed by atoms with van der Waals surface area (Å²) in [5, 5.41) is 5.00. The van der Waals surface area contributed by atoms with E-state index in [1.807, 2.05) is 0 Å². The molecule has 59 heavy (non-hydrogen) atoms. The summed E-state index contributed by atoms with van der Waals surface area (Å²) >= 11 is 0. The Hall–Kier alpha value is -6.13. The van der Waals surface area contributed by atoms with Crippen molar-refractivity contribution in [1.29, 1.82) is 0 Å². The first-order chi connectivity index (χ1) is 28.6. The molecule has 1 saturated carbocycles. The SMILES string of the molecule is CC12CCCCC1(C)N(c1ccc(C(F)(F)F)cc1)c1ccc(-c3ccc4c(c3)C(c3ccccc3)(c3ccccc3)c3ccc5c(ccc6ccccc65)c3-4)cc1C2. The van der Waals surface area contributed by atoms with E-state index in [4.69, 9.17) is 0 Å². The molecule has 2 unspecified atom stereocenters. The number of nitrogens with zero attached hydrogens (tertiary/aromatic N) is 1. The van der Waals surface area contributed by atoms with E-state index >= 15 is 0 Å². The van der Waals surface area contributed by atoms with Gasteiger partial charge in [-0.3, -0.25) is 0 Å². The lowest BCUT2D eigenvalue weighted by Gasteiger charge is -2.60. The molecular formula is C55H44F3N. The number of anilines is 2. The van der Waals surface area contributed by atoms with Crippen LogP contribution >= 0.6 is 0 Å². The number of hydrogen-bond donors (Lipinski definition) is 0. The monoisotopic (exact) mass is 775 g/mol. The molecular weight excluding hydrogens is 732 g/mol. The van der Waals surface area contributed by atoms with E-state index in [1.54, 1.807) is 12.1 Å². The molecule has 290 valence electrons. The van der Waals surface area contributed by atoms with Crippen molar-refractivity contribution >= 4 is 32.9 Å². The van der Waals surface area contributed by atoms with E-state index in [2.05, 4.69) is 164 Å². The molecule has 1 aliphatic heterocycles. The average molecular weight is 776 g/mol. The van der Waals surface area contributed by atoms with Gasteiger partial charge in [-0.05, 0) is 146 Å². The molecule has 0 amide bonds. The third-order valence-electron chi connectivity index (χ3n) is 14.6. The number of rotatable bonds is 4. The maximum absolute atomic E-state index is 13.7. The van der Waals surface area contributed by atoms with Gasteiger partial charge in [0.2, 0.25) is 0 Å². The topological polar surface area (TPSA) is 3.24 Å². The summed E-state index contributed by atoms with van der Waals surface area (Å²) in [4.78, 5) is 2.37. The van der Waals surface area contributed by atoms with Crippen LogP contribution in [0.2, 0.25) is 0 Å². The second kappa shape index (κ2) is 12.9. The van der Waals surface area contributed by atoms with Crippen LogP contribution in [0.1, 0.15) is 72.9 Å². The van der Waals surface area contributed by atoms with Gasteiger partial charge in [0.25, 0.3) is 0 Å². The lowest BCUT2D eigenvalue weighted by molar-refractivity contribution is -0.137. The maximum atomic E-state index is 13.7. The van der Waals surface area contributed by atoms with Crippen LogP contribution in [0.15, 0.2) is 170 Å². The fraction of sp³-hybridized carbons (Fsp3) is 0.200. The fourth-order valence-electron chi connectivity index (χ4n) is 11.5. The van der Waals surface area contributed by atoms with Gasteiger partial charge in [0.05, 0.1) is 11.0 Å². The van der Waals surface area contributed by atoms with Crippen LogP contribution in [-0.2, 0) is 18.0 Å². The van der Waals surface area contributed by atoms with Gasteiger partial charge in [-0.15, -0.1) is 0 Å². The molecule has 0 radical (unpaired) electrons. The lowest BCUT2D eigenvalue weighted by Crippen LogP contribution is -2.60. The van der Waals surface area contributed by atoms with E-state index in [0.717, 1.165) is 54.6 Å². The minimum atomic E-state index is -4.38. The van der Waals surface area contributed by atoms with Crippen LogP contribution in [0.25, 0.3) is 43.8 Å². The highest BCUT2D eigenvalue weighted by Crippen LogP contribution is 2.60. The Kier molecular flexibility index (Phi) is 7.89. The van der Waals surface area contributed by atoms with Crippen LogP contribution in [-0.4, -0.2) is 5.54 Å². The Labute approximate surface area is 343 Å². The molecule has 0 N–H and O–H groups in total. The molecule has 1 fully saturated rings. The zero-order valence-corrected chi connectivity index (χ0v) is 33.3.